The van der Waals surface area contributed by atoms with Crippen molar-refractivity contribution in [3.63, 3.8) is 0 Å². The summed E-state index contributed by atoms with van der Waals surface area (Å²) in [5.74, 6) is -1.57. The molecule has 2 fully saturated rings. The van der Waals surface area contributed by atoms with E-state index in [1.807, 2.05) is 62.9 Å². The van der Waals surface area contributed by atoms with Gasteiger partial charge in [0.05, 0.1) is 54.4 Å². The first-order chi connectivity index (χ1) is 37.3. The van der Waals surface area contributed by atoms with Crippen molar-refractivity contribution in [2.45, 2.75) is 161 Å². The Morgan fingerprint density at radius 2 is 1.68 bits per heavy atom. The number of nitriles is 1. The minimum atomic E-state index is -0.922. The number of aromatic nitrogens is 4. The van der Waals surface area contributed by atoms with Gasteiger partial charge in [-0.1, -0.05) is 83.7 Å². The van der Waals surface area contributed by atoms with E-state index in [4.69, 9.17) is 15.8 Å². The molecule has 6 amide bonds. The van der Waals surface area contributed by atoms with Gasteiger partial charge in [0, 0.05) is 51.1 Å². The number of nitrogens with zero attached hydrogens (tertiary/aromatic N) is 8. The lowest BCUT2D eigenvalue weighted by Crippen LogP contribution is -2.59. The number of likely N-dealkylation sites (tertiary alicyclic amines) is 1. The smallest absolute Gasteiger partial charge is 0.254 e. The zero-order valence-corrected chi connectivity index (χ0v) is 46.2. The molecule has 0 unspecified atom stereocenters. The van der Waals surface area contributed by atoms with Crippen LogP contribution < -0.4 is 37.2 Å². The van der Waals surface area contributed by atoms with Crippen LogP contribution in [0.25, 0.3) is 11.3 Å². The summed E-state index contributed by atoms with van der Waals surface area (Å²) in [5, 5.41) is 30.3. The molecule has 2 bridgehead atoms. The first kappa shape index (κ1) is 58.2. The summed E-state index contributed by atoms with van der Waals surface area (Å²) in [6.45, 7) is 10.4. The van der Waals surface area contributed by atoms with E-state index in [2.05, 4.69) is 37.6 Å². The van der Waals surface area contributed by atoms with Crippen LogP contribution in [0.4, 0.5) is 16.0 Å². The number of carbonyl (C=O) groups excluding carboxylic acids is 6. The summed E-state index contributed by atoms with van der Waals surface area (Å²) in [6, 6.07) is 12.6. The Hall–Kier alpha value is -7.47. The Morgan fingerprint density at radius 3 is 2.36 bits per heavy atom. The number of amides is 6. The second kappa shape index (κ2) is 26.3. The molecule has 0 radical (unpaired) electrons. The van der Waals surface area contributed by atoms with Crippen molar-refractivity contribution in [2.75, 3.05) is 44.4 Å². The van der Waals surface area contributed by atoms with Crippen molar-refractivity contribution in [2.24, 2.45) is 5.41 Å². The first-order valence-corrected chi connectivity index (χ1v) is 27.5. The molecule has 2 aromatic carbocycles. The van der Waals surface area contributed by atoms with Gasteiger partial charge in [0.2, 0.25) is 29.5 Å². The highest BCUT2D eigenvalue weighted by Crippen LogP contribution is 2.41. The molecule has 7 N–H and O–H groups in total. The fourth-order valence-electron chi connectivity index (χ4n) is 10.7. The van der Waals surface area contributed by atoms with Gasteiger partial charge in [-0.2, -0.15) is 10.4 Å². The maximum Gasteiger partial charge on any atom is 0.254 e. The summed E-state index contributed by atoms with van der Waals surface area (Å²) in [4.78, 5) is 96.2. The Labute approximate surface area is 456 Å². The monoisotopic (exact) mass is 1070 g/mol. The number of likely N-dealkylation sites (N-methyl/N-ethyl adjacent to an activating group) is 1. The average molecular weight is 1070 g/mol. The van der Waals surface area contributed by atoms with Crippen LogP contribution in [0, 0.1) is 22.6 Å². The zero-order chi connectivity index (χ0) is 56.3. The maximum atomic E-state index is 14.7. The molecule has 2 aromatic heterocycles. The average Bonchev–Trinajstić information content (AvgIpc) is 4.19. The van der Waals surface area contributed by atoms with Crippen molar-refractivity contribution < 1.29 is 33.2 Å². The molecule has 6 atom stereocenters. The third-order valence-electron chi connectivity index (χ3n) is 15.1. The number of fused-ring (bicyclic) bond motifs is 8. The normalized spacial score (nSPS) is 18.3. The molecule has 20 nitrogen and oxygen atoms in total. The fraction of sp³-hybridized carbons (Fsp3) is 0.544. The van der Waals surface area contributed by atoms with E-state index in [1.54, 1.807) is 21.0 Å². The number of hydrogen-bond donors (Lipinski definition) is 6. The van der Waals surface area contributed by atoms with Crippen LogP contribution in [0.1, 0.15) is 157 Å². The van der Waals surface area contributed by atoms with Crippen molar-refractivity contribution >= 4 is 47.1 Å². The summed E-state index contributed by atoms with van der Waals surface area (Å²) >= 11 is 0. The van der Waals surface area contributed by atoms with Gasteiger partial charge < -0.3 is 47.0 Å². The standard InChI is InChI=1S/C57H77FN14O6/c1-8-41(36-19-14-13-15-20-36)66-54(76)45-30-38(33-71(45)56(78)50(57(3,4)5)67-53(75)35(2)61-6)64-48(74)23-17-12-10-9-11-16-22-47(73)62-26-28-72-46(31-59)49-42-32-63-51(60)52(65-42)70-27-18-21-44(70)40-29-37(58)24-25-39(40)55(77)69(7)34-43(49)68-72/h13-15,19-20,24-25,29,32,35,38,41,44-45,50,61H,8-12,16-18,21-23,26-28,30,33-34H2,1-7H3,(H2,60,63)(H,62,73)(H,64,74)(H,66,76)(H,67,75)/t35-,38-,41+,44-,45-,50+/m1/s1. The first-order valence-electron chi connectivity index (χ1n) is 27.5. The Morgan fingerprint density at radius 1 is 0.974 bits per heavy atom. The molecule has 2 saturated heterocycles. The highest BCUT2D eigenvalue weighted by molar-refractivity contribution is 5.96. The molecular weight excluding hydrogens is 996 g/mol. The lowest BCUT2D eigenvalue weighted by Gasteiger charge is -2.36. The SMILES string of the molecule is CC[C@H](NC(=O)[C@H]1C[C@@H](NC(=O)CCCCCCCCC(=O)NCCn2nc3c(c2C#N)-c2cnc(N)c(n2)N2CCC[C@@H]2c2cc(F)ccc2C(=O)N(C)C3)CN1C(=O)[C@H](NC(=O)[C@@H](C)NC)C(C)(C)C)c1ccccc1. The molecule has 3 aliphatic heterocycles. The lowest BCUT2D eigenvalue weighted by atomic mass is 9.85. The molecule has 4 aromatic rings. The number of nitrogens with two attached hydrogens (primary N) is 1. The third kappa shape index (κ3) is 14.0. The van der Waals surface area contributed by atoms with E-state index in [0.717, 1.165) is 37.7 Å². The molecule has 0 aliphatic carbocycles. The Bertz CT molecular complexity index is 2850. The molecule has 7 rings (SSSR count). The number of anilines is 2. The van der Waals surface area contributed by atoms with Gasteiger partial charge in [-0.15, -0.1) is 0 Å². The van der Waals surface area contributed by atoms with Gasteiger partial charge >= 0.3 is 0 Å². The second-order valence-electron chi connectivity index (χ2n) is 21.9. The topological polar surface area (TPSA) is 266 Å². The predicted octanol–water partition coefficient (Wildman–Crippen LogP) is 5.59. The Kier molecular flexibility index (Phi) is 19.6. The van der Waals surface area contributed by atoms with Gasteiger partial charge in [-0.3, -0.25) is 33.4 Å². The van der Waals surface area contributed by atoms with Crippen molar-refractivity contribution in [3.05, 3.63) is 88.6 Å². The highest BCUT2D eigenvalue weighted by Gasteiger charge is 2.46. The highest BCUT2D eigenvalue weighted by atomic mass is 19.1. The minimum Gasteiger partial charge on any atom is -0.381 e. The van der Waals surface area contributed by atoms with Gasteiger partial charge in [0.15, 0.2) is 11.6 Å². The molecular formula is C57H77FN14O6. The molecule has 418 valence electrons. The number of carbonyl (C=O) groups is 6. The summed E-state index contributed by atoms with van der Waals surface area (Å²) in [5.41, 5.74) is 8.94. The lowest BCUT2D eigenvalue weighted by molar-refractivity contribution is -0.144. The van der Waals surface area contributed by atoms with Crippen LogP contribution in [0.2, 0.25) is 0 Å². The number of nitrogen functional groups attached to an aromatic ring is 1. The van der Waals surface area contributed by atoms with Gasteiger partial charge in [-0.05, 0) is 87.2 Å². The second-order valence-corrected chi connectivity index (χ2v) is 21.9. The molecule has 3 aliphatic rings. The van der Waals surface area contributed by atoms with Crippen LogP contribution in [-0.4, -0.2) is 123 Å². The fourth-order valence-corrected chi connectivity index (χ4v) is 10.7. The molecule has 0 saturated carbocycles. The number of halogens is 1. The number of rotatable bonds is 21. The quantitative estimate of drug-likeness (QED) is 0.0557. The van der Waals surface area contributed by atoms with Gasteiger partial charge in [0.25, 0.3) is 5.91 Å². The van der Waals surface area contributed by atoms with E-state index in [-0.39, 0.29) is 98.1 Å². The van der Waals surface area contributed by atoms with Crippen LogP contribution in [-0.2, 0) is 37.1 Å². The van der Waals surface area contributed by atoms with Crippen LogP contribution in [0.3, 0.4) is 0 Å². The van der Waals surface area contributed by atoms with Crippen molar-refractivity contribution in [1.82, 2.24) is 56.1 Å². The number of benzene rings is 2. The minimum absolute atomic E-state index is 0.0154. The van der Waals surface area contributed by atoms with Crippen molar-refractivity contribution in [1.29, 1.82) is 5.26 Å². The summed E-state index contributed by atoms with van der Waals surface area (Å²) < 4.78 is 16.2. The van der Waals surface area contributed by atoms with Crippen LogP contribution >= 0.6 is 0 Å². The van der Waals surface area contributed by atoms with Gasteiger partial charge in [-0.25, -0.2) is 14.4 Å². The summed E-state index contributed by atoms with van der Waals surface area (Å²) in [6.07, 6.45) is 9.06. The van der Waals surface area contributed by atoms with Crippen molar-refractivity contribution in [3.8, 4) is 17.3 Å². The predicted molar refractivity (Wildman–Crippen MR) is 293 cm³/mol. The number of nitrogens with one attached hydrogen (secondary N) is 5. The van der Waals surface area contributed by atoms with Gasteiger partial charge in [0.1, 0.15) is 29.7 Å². The van der Waals surface area contributed by atoms with Crippen LogP contribution in [0.15, 0.2) is 54.7 Å². The van der Waals surface area contributed by atoms with E-state index >= 15 is 0 Å². The number of hydrogen-bond acceptors (Lipinski definition) is 13. The molecule has 5 heterocycles. The molecule has 0 spiro atoms. The Balaban J connectivity index is 0.876. The van der Waals surface area contributed by atoms with Crippen LogP contribution in [0.5, 0.6) is 0 Å². The van der Waals surface area contributed by atoms with E-state index in [1.165, 1.54) is 38.9 Å². The number of unbranched alkanes of at least 4 members (excludes halogenated alkanes) is 5. The van der Waals surface area contributed by atoms with E-state index < -0.39 is 35.4 Å². The maximum absolute atomic E-state index is 14.7. The molecule has 21 heteroatoms. The van der Waals surface area contributed by atoms with E-state index in [0.29, 0.717) is 72.5 Å². The van der Waals surface area contributed by atoms with E-state index in [9.17, 15) is 38.4 Å². The largest absolute Gasteiger partial charge is 0.381 e. The third-order valence-corrected chi connectivity index (χ3v) is 15.1. The summed E-state index contributed by atoms with van der Waals surface area (Å²) in [7, 11) is 3.30. The molecule has 78 heavy (non-hydrogen) atoms. The zero-order valence-electron chi connectivity index (χ0n) is 46.2.